The fourth-order valence-electron chi connectivity index (χ4n) is 1.55. The van der Waals surface area contributed by atoms with Crippen molar-refractivity contribution in [3.05, 3.63) is 33.6 Å². The smallest absolute Gasteiger partial charge is 0.423 e. The van der Waals surface area contributed by atoms with Gasteiger partial charge < -0.3 is 10.0 Å². The molecule has 0 aliphatic carbocycles. The van der Waals surface area contributed by atoms with Crippen LogP contribution in [-0.2, 0) is 0 Å². The Kier molecular flexibility index (Phi) is 3.61. The van der Waals surface area contributed by atoms with Gasteiger partial charge in [0.05, 0.1) is 11.0 Å². The fraction of sp³-hybridized carbons (Fsp3) is 0.333. The first-order valence-electron chi connectivity index (χ1n) is 4.68. The summed E-state index contributed by atoms with van der Waals surface area (Å²) < 4.78 is 13.6. The number of halogens is 1. The minimum absolute atomic E-state index is 0.0839. The maximum atomic E-state index is 13.6. The van der Waals surface area contributed by atoms with E-state index in [0.717, 1.165) is 12.1 Å². The summed E-state index contributed by atoms with van der Waals surface area (Å²) in [6, 6.07) is 1.75. The quantitative estimate of drug-likeness (QED) is 0.448. The number of nitrogens with zero attached hydrogens (tertiary/aromatic N) is 1. The highest BCUT2D eigenvalue weighted by Gasteiger charge is 2.25. The standard InChI is InChI=1S/C9H11BFNO4/c1-5(2)9-7(10(13)14)3-6(12(15)16)4-8(9)11/h3-5,13-14H,1-2H3. The Balaban J connectivity index is 3.45. The molecule has 1 aromatic carbocycles. The number of nitro benzene ring substituents is 1. The van der Waals surface area contributed by atoms with Crippen LogP contribution in [0.2, 0.25) is 0 Å². The third-order valence-electron chi connectivity index (χ3n) is 2.21. The molecule has 0 heterocycles. The Morgan fingerprint density at radius 3 is 2.38 bits per heavy atom. The number of hydrogen-bond donors (Lipinski definition) is 2. The van der Waals surface area contributed by atoms with Gasteiger partial charge in [-0.15, -0.1) is 0 Å². The van der Waals surface area contributed by atoms with E-state index in [1.54, 1.807) is 13.8 Å². The zero-order valence-corrected chi connectivity index (χ0v) is 8.85. The summed E-state index contributed by atoms with van der Waals surface area (Å²) in [7, 11) is -1.92. The predicted octanol–water partition coefficient (Wildman–Crippen LogP) is 0.537. The lowest BCUT2D eigenvalue weighted by Gasteiger charge is -2.13. The summed E-state index contributed by atoms with van der Waals surface area (Å²) in [4.78, 5) is 9.71. The highest BCUT2D eigenvalue weighted by Crippen LogP contribution is 2.21. The van der Waals surface area contributed by atoms with Crippen LogP contribution in [0, 0.1) is 15.9 Å². The third kappa shape index (κ3) is 2.37. The molecule has 0 aliphatic rings. The average molecular weight is 227 g/mol. The molecule has 5 nitrogen and oxygen atoms in total. The normalized spacial score (nSPS) is 10.6. The van der Waals surface area contributed by atoms with E-state index in [4.69, 9.17) is 10.0 Å². The summed E-state index contributed by atoms with van der Waals surface area (Å²) in [6.07, 6.45) is 0. The molecule has 0 saturated heterocycles. The molecule has 0 aliphatic heterocycles. The van der Waals surface area contributed by atoms with E-state index in [0.29, 0.717) is 0 Å². The van der Waals surface area contributed by atoms with Crippen LogP contribution in [0.4, 0.5) is 10.1 Å². The lowest BCUT2D eigenvalue weighted by molar-refractivity contribution is -0.385. The first kappa shape index (κ1) is 12.6. The molecule has 0 spiro atoms. The summed E-state index contributed by atoms with van der Waals surface area (Å²) in [5.41, 5.74) is -0.577. The molecule has 0 fully saturated rings. The molecule has 86 valence electrons. The highest BCUT2D eigenvalue weighted by molar-refractivity contribution is 6.59. The number of benzene rings is 1. The van der Waals surface area contributed by atoms with Crippen molar-refractivity contribution in [2.45, 2.75) is 19.8 Å². The number of non-ortho nitro benzene ring substituents is 1. The number of rotatable bonds is 3. The van der Waals surface area contributed by atoms with Gasteiger partial charge in [0.25, 0.3) is 5.69 Å². The molecule has 7 heteroatoms. The second-order valence-corrected chi connectivity index (χ2v) is 3.72. The molecule has 0 saturated carbocycles. The Hall–Kier alpha value is -1.47. The highest BCUT2D eigenvalue weighted by atomic mass is 19.1. The Morgan fingerprint density at radius 1 is 1.44 bits per heavy atom. The molecule has 1 aromatic rings. The van der Waals surface area contributed by atoms with Gasteiger partial charge in [0.1, 0.15) is 5.82 Å². The van der Waals surface area contributed by atoms with Crippen molar-refractivity contribution in [2.75, 3.05) is 0 Å². The lowest BCUT2D eigenvalue weighted by atomic mass is 9.74. The van der Waals surface area contributed by atoms with E-state index in [2.05, 4.69) is 0 Å². The third-order valence-corrected chi connectivity index (χ3v) is 2.21. The molecule has 0 atom stereocenters. The second-order valence-electron chi connectivity index (χ2n) is 3.72. The van der Waals surface area contributed by atoms with E-state index in [-0.39, 0.29) is 16.9 Å². The molecule has 2 N–H and O–H groups in total. The summed E-state index contributed by atoms with van der Waals surface area (Å²) in [5.74, 6) is -1.09. The molecule has 0 radical (unpaired) electrons. The van der Waals surface area contributed by atoms with Crippen molar-refractivity contribution in [1.82, 2.24) is 0 Å². The summed E-state index contributed by atoms with van der Waals surface area (Å²) >= 11 is 0. The van der Waals surface area contributed by atoms with Gasteiger partial charge in [0, 0.05) is 6.07 Å². The molecule has 0 amide bonds. The number of nitro groups is 1. The van der Waals surface area contributed by atoms with E-state index in [1.165, 1.54) is 0 Å². The van der Waals surface area contributed by atoms with Gasteiger partial charge in [-0.05, 0) is 16.9 Å². The van der Waals surface area contributed by atoms with Crippen LogP contribution in [-0.4, -0.2) is 22.1 Å². The summed E-state index contributed by atoms with van der Waals surface area (Å²) in [5, 5.41) is 28.6. The monoisotopic (exact) mass is 227 g/mol. The first-order valence-corrected chi connectivity index (χ1v) is 4.68. The first-order chi connectivity index (χ1) is 7.34. The molecule has 16 heavy (non-hydrogen) atoms. The molecule has 0 unspecified atom stereocenters. The van der Waals surface area contributed by atoms with E-state index in [9.17, 15) is 14.5 Å². The van der Waals surface area contributed by atoms with Crippen LogP contribution in [0.25, 0.3) is 0 Å². The van der Waals surface area contributed by atoms with E-state index < -0.39 is 23.5 Å². The van der Waals surface area contributed by atoms with Crippen molar-refractivity contribution in [1.29, 1.82) is 0 Å². The van der Waals surface area contributed by atoms with Gasteiger partial charge in [0.15, 0.2) is 0 Å². The summed E-state index contributed by atoms with van der Waals surface area (Å²) in [6.45, 7) is 3.33. The maximum Gasteiger partial charge on any atom is 0.489 e. The fourth-order valence-corrected chi connectivity index (χ4v) is 1.55. The minimum Gasteiger partial charge on any atom is -0.423 e. The Labute approximate surface area is 91.8 Å². The SMILES string of the molecule is CC(C)c1c(F)cc([N+](=O)[O-])cc1B(O)O. The van der Waals surface area contributed by atoms with Crippen molar-refractivity contribution < 1.29 is 19.4 Å². The van der Waals surface area contributed by atoms with Crippen LogP contribution >= 0.6 is 0 Å². The van der Waals surface area contributed by atoms with Crippen molar-refractivity contribution in [2.24, 2.45) is 0 Å². The van der Waals surface area contributed by atoms with Crippen molar-refractivity contribution in [3.8, 4) is 0 Å². The van der Waals surface area contributed by atoms with Gasteiger partial charge in [0.2, 0.25) is 0 Å². The van der Waals surface area contributed by atoms with Gasteiger partial charge in [-0.3, -0.25) is 10.1 Å². The zero-order valence-electron chi connectivity index (χ0n) is 8.85. The van der Waals surface area contributed by atoms with Gasteiger partial charge in [-0.2, -0.15) is 0 Å². The predicted molar refractivity (Wildman–Crippen MR) is 57.0 cm³/mol. The topological polar surface area (TPSA) is 83.6 Å². The van der Waals surface area contributed by atoms with Gasteiger partial charge in [-0.25, -0.2) is 4.39 Å². The van der Waals surface area contributed by atoms with Gasteiger partial charge >= 0.3 is 7.12 Å². The largest absolute Gasteiger partial charge is 0.489 e. The van der Waals surface area contributed by atoms with E-state index in [1.807, 2.05) is 0 Å². The van der Waals surface area contributed by atoms with Crippen LogP contribution in [0.3, 0.4) is 0 Å². The second kappa shape index (κ2) is 4.59. The van der Waals surface area contributed by atoms with Gasteiger partial charge in [-0.1, -0.05) is 13.8 Å². The molecule has 0 aromatic heterocycles. The lowest BCUT2D eigenvalue weighted by Crippen LogP contribution is -2.34. The minimum atomic E-state index is -1.92. The molecular formula is C9H11BFNO4. The molecule has 0 bridgehead atoms. The molecular weight excluding hydrogens is 216 g/mol. The Bertz CT molecular complexity index is 422. The molecule has 1 rings (SSSR count). The zero-order chi connectivity index (χ0) is 12.5. The van der Waals surface area contributed by atoms with Crippen LogP contribution in [0.15, 0.2) is 12.1 Å². The average Bonchev–Trinajstić information content (AvgIpc) is 2.15. The van der Waals surface area contributed by atoms with Crippen LogP contribution in [0.5, 0.6) is 0 Å². The van der Waals surface area contributed by atoms with Crippen molar-refractivity contribution in [3.63, 3.8) is 0 Å². The maximum absolute atomic E-state index is 13.6. The van der Waals surface area contributed by atoms with E-state index >= 15 is 0 Å². The Morgan fingerprint density at radius 2 is 2.00 bits per heavy atom. The van der Waals surface area contributed by atoms with Crippen LogP contribution < -0.4 is 5.46 Å². The van der Waals surface area contributed by atoms with Crippen LogP contribution in [0.1, 0.15) is 25.3 Å². The number of hydrogen-bond acceptors (Lipinski definition) is 4. The van der Waals surface area contributed by atoms with Crippen molar-refractivity contribution >= 4 is 18.3 Å².